The minimum absolute atomic E-state index is 0.0284. The first kappa shape index (κ1) is 82.5. The molecule has 4 aromatic carbocycles. The minimum atomic E-state index is -4.85. The zero-order chi connectivity index (χ0) is 81.1. The van der Waals surface area contributed by atoms with Crippen LogP contribution in [0.5, 0.6) is 41.0 Å². The Morgan fingerprint density at radius 2 is 0.965 bits per heavy atom. The molecule has 10 heterocycles. The summed E-state index contributed by atoms with van der Waals surface area (Å²) in [6, 6.07) is 19.2. The Balaban J connectivity index is 0.000000158. The number of benzene rings is 4. The van der Waals surface area contributed by atoms with Crippen LogP contribution in [0, 0.1) is 12.7 Å². The molecule has 28 nitrogen and oxygen atoms in total. The number of likely N-dealkylation sites (N-methyl/N-ethyl adjacent to an activating group) is 2. The highest BCUT2D eigenvalue weighted by Gasteiger charge is 2.36. The summed E-state index contributed by atoms with van der Waals surface area (Å²) in [5.41, 5.74) is 7.30. The lowest BCUT2D eigenvalue weighted by atomic mass is 10.0. The lowest BCUT2D eigenvalue weighted by molar-refractivity contribution is -0.274. The maximum absolute atomic E-state index is 15.0. The van der Waals surface area contributed by atoms with Gasteiger partial charge in [-0.3, -0.25) is 19.3 Å². The van der Waals surface area contributed by atoms with Crippen molar-refractivity contribution in [3.8, 4) is 41.0 Å². The second kappa shape index (κ2) is 36.9. The van der Waals surface area contributed by atoms with Gasteiger partial charge in [-0.1, -0.05) is 50.1 Å². The number of nitrogens with zero attached hydrogens (tertiary/aromatic N) is 18. The zero-order valence-electron chi connectivity index (χ0n) is 66.1. The van der Waals surface area contributed by atoms with Gasteiger partial charge in [0.25, 0.3) is 0 Å². The van der Waals surface area contributed by atoms with E-state index in [0.717, 1.165) is 101 Å². The van der Waals surface area contributed by atoms with Gasteiger partial charge < -0.3 is 88.2 Å². The molecule has 114 heavy (non-hydrogen) atoms. The molecule has 7 aromatic rings. The van der Waals surface area contributed by atoms with Crippen LogP contribution >= 0.6 is 0 Å². The van der Waals surface area contributed by atoms with Gasteiger partial charge in [0.2, 0.25) is 17.7 Å². The highest BCUT2D eigenvalue weighted by Crippen LogP contribution is 2.42. The third kappa shape index (κ3) is 20.3. The number of anilines is 6. The molecule has 2 atom stereocenters. The van der Waals surface area contributed by atoms with Crippen LogP contribution < -0.4 is 48.3 Å². The molecule has 0 radical (unpaired) electrons. The van der Waals surface area contributed by atoms with Gasteiger partial charge in [0.05, 0.1) is 42.4 Å². The Morgan fingerprint density at radius 1 is 0.526 bits per heavy atom. The van der Waals surface area contributed by atoms with Gasteiger partial charge in [-0.15, -0.1) is 13.2 Å². The minimum Gasteiger partial charge on any atom is -0.508 e. The van der Waals surface area contributed by atoms with Gasteiger partial charge in [-0.05, 0) is 148 Å². The highest BCUT2D eigenvalue weighted by atomic mass is 19.4. The largest absolute Gasteiger partial charge is 0.573 e. The van der Waals surface area contributed by atoms with E-state index in [1.54, 1.807) is 33.8 Å². The normalized spacial score (nSPS) is 17.1. The number of fused-ring (bicyclic) bond motifs is 4. The van der Waals surface area contributed by atoms with Crippen LogP contribution in [-0.4, -0.2) is 277 Å². The Kier molecular flexibility index (Phi) is 26.7. The molecule has 0 aliphatic carbocycles. The number of phenols is 3. The van der Waals surface area contributed by atoms with E-state index < -0.39 is 17.9 Å². The van der Waals surface area contributed by atoms with Crippen LogP contribution in [-0.2, 0) is 53.3 Å². The number of carbonyl (C=O) groups excluding carboxylic acids is 3. The van der Waals surface area contributed by atoms with E-state index >= 15 is 0 Å². The quantitative estimate of drug-likeness (QED) is 0.0425. The summed E-state index contributed by atoms with van der Waals surface area (Å²) >= 11 is 0. The van der Waals surface area contributed by atoms with Crippen molar-refractivity contribution < 1.29 is 66.2 Å². The summed E-state index contributed by atoms with van der Waals surface area (Å²) < 4.78 is 75.7. The molecule has 4 fully saturated rings. The van der Waals surface area contributed by atoms with Crippen LogP contribution in [0.1, 0.15) is 66.0 Å². The predicted molar refractivity (Wildman–Crippen MR) is 429 cm³/mol. The number of hydrogen-bond acceptors (Lipinski definition) is 25. The average molecular weight is 1580 g/mol. The number of piperazine rings is 3. The number of hydrogen-bond donors (Lipinski definition) is 3. The molecular formula is C82H104F4N18O10. The Hall–Kier alpha value is -11.0. The van der Waals surface area contributed by atoms with Crippen LogP contribution in [0.4, 0.5) is 52.1 Å². The fraction of sp³-hybridized carbons (Fsp3) is 0.476. The number of alkyl halides is 3. The van der Waals surface area contributed by atoms with Crippen LogP contribution in [0.15, 0.2) is 105 Å². The number of phenolic OH excluding ortho intramolecular Hbond substituents is 3. The van der Waals surface area contributed by atoms with Crippen molar-refractivity contribution >= 4 is 63.0 Å². The van der Waals surface area contributed by atoms with E-state index in [0.29, 0.717) is 155 Å². The van der Waals surface area contributed by atoms with E-state index in [1.165, 1.54) is 49.3 Å². The molecule has 4 saturated heterocycles. The number of aromatic hydroxyl groups is 3. The molecule has 3 amide bonds. The molecule has 3 aromatic heterocycles. The second-order valence-electron chi connectivity index (χ2n) is 30.1. The monoisotopic (exact) mass is 1580 g/mol. The van der Waals surface area contributed by atoms with Gasteiger partial charge in [-0.25, -0.2) is 4.39 Å². The molecule has 3 N–H and O–H groups in total. The van der Waals surface area contributed by atoms with Gasteiger partial charge in [0, 0.05) is 158 Å². The highest BCUT2D eigenvalue weighted by molar-refractivity contribution is 5.96. The van der Waals surface area contributed by atoms with Crippen molar-refractivity contribution in [3.63, 3.8) is 0 Å². The molecule has 7 aliphatic rings. The maximum atomic E-state index is 15.0. The van der Waals surface area contributed by atoms with E-state index in [-0.39, 0.29) is 77.1 Å². The number of aromatic nitrogens is 6. The molecule has 0 bridgehead atoms. The van der Waals surface area contributed by atoms with E-state index in [4.69, 9.17) is 39.1 Å². The number of aryl methyl sites for hydroxylation is 1. The SMILES string of the molecule is C=CC(=O)N1CCN(c2nc(OCCN3CCCC3)nc3c2CCN(c2cc(O)cc4ccccc24)C3)CC1.C=CC(=O)N1CCN(c2nc(O[C@H](C)CN(C)C)nc3c2CCN(c2c(O)ccc(C)c2F)C3)CC1.C=CC(=O)N1CCN(c2nc(O[C@H](C)CN(C)C)nc3c2CCN(c2cc(OC(F)(F)F)ccc2O)C3)CC1. The molecular weight excluding hydrogens is 1470 g/mol. The Bertz CT molecular complexity index is 4600. The van der Waals surface area contributed by atoms with Gasteiger partial charge in [-0.2, -0.15) is 29.9 Å². The van der Waals surface area contributed by atoms with Crippen molar-refractivity contribution in [2.75, 3.05) is 195 Å². The number of carbonyl (C=O) groups is 3. The van der Waals surface area contributed by atoms with Crippen LogP contribution in [0.3, 0.4) is 0 Å². The molecule has 32 heteroatoms. The van der Waals surface area contributed by atoms with Gasteiger partial charge in [0.1, 0.15) is 65.0 Å². The molecule has 7 aliphatic heterocycles. The summed E-state index contributed by atoms with van der Waals surface area (Å²) in [4.78, 5) is 89.2. The summed E-state index contributed by atoms with van der Waals surface area (Å²) in [5.74, 6) is 1.38. The Morgan fingerprint density at radius 3 is 1.44 bits per heavy atom. The predicted octanol–water partition coefficient (Wildman–Crippen LogP) is 8.37. The molecule has 0 saturated carbocycles. The lowest BCUT2D eigenvalue weighted by Crippen LogP contribution is -2.49. The van der Waals surface area contributed by atoms with Crippen LogP contribution in [0.2, 0.25) is 0 Å². The summed E-state index contributed by atoms with van der Waals surface area (Å²) in [5, 5.41) is 33.4. The summed E-state index contributed by atoms with van der Waals surface area (Å²) in [6.45, 7) is 31.5. The van der Waals surface area contributed by atoms with Crippen molar-refractivity contribution in [3.05, 3.63) is 150 Å². The molecule has 14 rings (SSSR count). The molecule has 610 valence electrons. The number of halogens is 4. The first-order valence-electron chi connectivity index (χ1n) is 38.9. The molecule has 0 unspecified atom stereocenters. The van der Waals surface area contributed by atoms with Gasteiger partial charge in [0.15, 0.2) is 5.82 Å². The summed E-state index contributed by atoms with van der Waals surface area (Å²) in [6.07, 6.45) is 3.22. The summed E-state index contributed by atoms with van der Waals surface area (Å²) in [7, 11) is 7.82. The van der Waals surface area contributed by atoms with E-state index in [2.05, 4.69) is 60.0 Å². The van der Waals surface area contributed by atoms with Crippen LogP contribution in [0.25, 0.3) is 10.8 Å². The number of likely N-dealkylation sites (tertiary alicyclic amines) is 1. The molecule has 0 spiro atoms. The fourth-order valence-corrected chi connectivity index (χ4v) is 15.7. The van der Waals surface area contributed by atoms with E-state index in [9.17, 15) is 47.3 Å². The lowest BCUT2D eigenvalue weighted by Gasteiger charge is -2.38. The van der Waals surface area contributed by atoms with Crippen molar-refractivity contribution in [1.82, 2.24) is 59.3 Å². The van der Waals surface area contributed by atoms with Gasteiger partial charge >= 0.3 is 24.4 Å². The fourth-order valence-electron chi connectivity index (χ4n) is 15.7. The Labute approximate surface area is 662 Å². The first-order valence-corrected chi connectivity index (χ1v) is 38.9. The number of amides is 3. The standard InChI is InChI=1S/C30H36N6O3.C26H33F3N6O4.C26H35FN6O3/c1-2-28(38)34-13-15-35(16-14-34)29-25-9-12-36(27-20-23(37)19-22-7-3-4-8-24(22)27)21-26(25)31-30(32-29)39-18-17-33-10-5-6-11-33;1-5-23(37)33-10-12-34(13-11-33)24-19-8-9-35(21-14-18(6-7-22(21)36)39-26(27,28)29)16-20(19)30-25(31-24)38-17(2)15-32(3)4;1-6-22(35)31-11-13-32(14-12-31)25-19-9-10-33(24-21(34)8-7-17(2)23(24)27)16-20(19)28-26(29-25)36-18(3)15-30(4)5/h2-4,7-8,19-20,37H,1,5-6,9-18,21H2;5-7,14,17,36H,1,8-13,15-16H2,2-4H3;6-8,18,34H,1,9-16H2,2-5H3/t;17-;18-/m.11/s1. The van der Waals surface area contributed by atoms with Crippen molar-refractivity contribution in [1.29, 1.82) is 0 Å². The zero-order valence-corrected chi connectivity index (χ0v) is 66.1. The number of ether oxygens (including phenoxy) is 4. The maximum Gasteiger partial charge on any atom is 0.573 e. The van der Waals surface area contributed by atoms with E-state index in [1.807, 2.05) is 85.9 Å². The number of rotatable bonds is 22. The topological polar surface area (TPSA) is 265 Å². The van der Waals surface area contributed by atoms with Crippen molar-refractivity contribution in [2.24, 2.45) is 0 Å². The first-order chi connectivity index (χ1) is 54.7. The third-order valence-corrected chi connectivity index (χ3v) is 21.3. The van der Waals surface area contributed by atoms with Crippen molar-refractivity contribution in [2.45, 2.75) is 91.1 Å². The average Bonchev–Trinajstić information content (AvgIpc) is 0.805. The smallest absolute Gasteiger partial charge is 0.508 e. The third-order valence-electron chi connectivity index (χ3n) is 21.3. The second-order valence-corrected chi connectivity index (χ2v) is 30.1.